The number of hydrogen-bond acceptors (Lipinski definition) is 7. The first-order chi connectivity index (χ1) is 17.9. The van der Waals surface area contributed by atoms with Crippen LogP contribution in [0.4, 0.5) is 0 Å². The average molecular weight is 527 g/mol. The van der Waals surface area contributed by atoms with Crippen LogP contribution in [0.25, 0.3) is 10.9 Å². The molecule has 0 saturated carbocycles. The highest BCUT2D eigenvalue weighted by Gasteiger charge is 2.32. The lowest BCUT2D eigenvalue weighted by Gasteiger charge is -2.28. The van der Waals surface area contributed by atoms with E-state index in [4.69, 9.17) is 9.47 Å². The molecule has 37 heavy (non-hydrogen) atoms. The smallest absolute Gasteiger partial charge is 0.320 e. The molecule has 5 rings (SSSR count). The Morgan fingerprint density at radius 2 is 1.86 bits per heavy atom. The molecule has 1 saturated heterocycles. The van der Waals surface area contributed by atoms with Crippen LogP contribution >= 0.6 is 0 Å². The van der Waals surface area contributed by atoms with Gasteiger partial charge in [-0.15, -0.1) is 0 Å². The highest BCUT2D eigenvalue weighted by molar-refractivity contribution is 7.89. The van der Waals surface area contributed by atoms with Crippen LogP contribution in [-0.2, 0) is 43.9 Å². The number of ether oxygens (including phenoxy) is 2. The van der Waals surface area contributed by atoms with E-state index in [1.165, 1.54) is 11.4 Å². The third-order valence-electron chi connectivity index (χ3n) is 6.90. The molecule has 0 spiro atoms. The molecule has 1 amide bonds. The number of cyclic esters (lactones) is 1. The highest BCUT2D eigenvalue weighted by Crippen LogP contribution is 2.33. The van der Waals surface area contributed by atoms with Crippen molar-refractivity contribution in [2.24, 2.45) is 0 Å². The number of carbonyl (C=O) groups is 2. The van der Waals surface area contributed by atoms with Gasteiger partial charge in [-0.3, -0.25) is 14.5 Å². The van der Waals surface area contributed by atoms with Crippen LogP contribution in [-0.4, -0.2) is 80.5 Å². The predicted molar refractivity (Wildman–Crippen MR) is 137 cm³/mol. The number of rotatable bonds is 8. The topological polar surface area (TPSA) is 110 Å². The van der Waals surface area contributed by atoms with E-state index in [-0.39, 0.29) is 36.4 Å². The van der Waals surface area contributed by atoms with E-state index in [1.807, 2.05) is 33.7 Å². The van der Waals surface area contributed by atoms with Crippen LogP contribution in [0.15, 0.2) is 53.4 Å². The van der Waals surface area contributed by atoms with Crippen molar-refractivity contribution in [3.8, 4) is 5.75 Å². The lowest BCUT2D eigenvalue weighted by atomic mass is 10.0. The number of morpholine rings is 1. The molecule has 1 aromatic heterocycles. The molecule has 1 N–H and O–H groups in total. The summed E-state index contributed by atoms with van der Waals surface area (Å²) in [6.07, 6.45) is 0.560. The Kier molecular flexibility index (Phi) is 7.18. The van der Waals surface area contributed by atoms with E-state index in [2.05, 4.69) is 5.32 Å². The number of carbonyl (C=O) groups excluding carboxylic acids is 2. The molecule has 0 atom stereocenters. The number of methoxy groups -OCH3 is 1. The van der Waals surface area contributed by atoms with Gasteiger partial charge in [0.15, 0.2) is 0 Å². The molecular weight excluding hydrogens is 496 g/mol. The summed E-state index contributed by atoms with van der Waals surface area (Å²) in [5.41, 5.74) is 2.82. The van der Waals surface area contributed by atoms with Gasteiger partial charge >= 0.3 is 5.97 Å². The van der Waals surface area contributed by atoms with Crippen LogP contribution in [0.3, 0.4) is 0 Å². The number of fused-ring (bicyclic) bond motifs is 3. The SMILES string of the molecule is COc1ccc(S(=O)(=O)N2CCc3c(n(CC(=O)NCCN4CCOC(=O)C4)c4ccccc34)C2)cc1. The summed E-state index contributed by atoms with van der Waals surface area (Å²) >= 11 is 0. The summed E-state index contributed by atoms with van der Waals surface area (Å²) < 4.78 is 40.3. The van der Waals surface area contributed by atoms with E-state index < -0.39 is 10.0 Å². The van der Waals surface area contributed by atoms with Crippen molar-refractivity contribution in [2.45, 2.75) is 24.4 Å². The van der Waals surface area contributed by atoms with Crippen LogP contribution < -0.4 is 10.1 Å². The first kappa shape index (κ1) is 25.2. The van der Waals surface area contributed by atoms with Crippen molar-refractivity contribution in [3.63, 3.8) is 0 Å². The normalized spacial score (nSPS) is 16.8. The first-order valence-electron chi connectivity index (χ1n) is 12.2. The predicted octanol–water partition coefficient (Wildman–Crippen LogP) is 1.37. The molecule has 10 nitrogen and oxygen atoms in total. The molecule has 11 heteroatoms. The molecule has 0 unspecified atom stereocenters. The fraction of sp³-hybridized carbons (Fsp3) is 0.385. The van der Waals surface area contributed by atoms with Gasteiger partial charge in [-0.2, -0.15) is 4.31 Å². The van der Waals surface area contributed by atoms with Gasteiger partial charge in [0.2, 0.25) is 15.9 Å². The van der Waals surface area contributed by atoms with Crippen molar-refractivity contribution >= 4 is 32.8 Å². The minimum atomic E-state index is -3.72. The van der Waals surface area contributed by atoms with E-state index in [0.29, 0.717) is 45.0 Å². The van der Waals surface area contributed by atoms with Crippen LogP contribution in [0.5, 0.6) is 5.75 Å². The quantitative estimate of drug-likeness (QED) is 0.442. The largest absolute Gasteiger partial charge is 0.497 e. The molecule has 0 aliphatic carbocycles. The number of sulfonamides is 1. The highest BCUT2D eigenvalue weighted by atomic mass is 32.2. The number of amides is 1. The maximum absolute atomic E-state index is 13.4. The Balaban J connectivity index is 1.34. The van der Waals surface area contributed by atoms with Gasteiger partial charge < -0.3 is 19.4 Å². The summed E-state index contributed by atoms with van der Waals surface area (Å²) in [6, 6.07) is 14.2. The zero-order valence-electron chi connectivity index (χ0n) is 20.7. The van der Waals surface area contributed by atoms with Crippen molar-refractivity contribution in [1.29, 1.82) is 0 Å². The molecule has 2 aliphatic heterocycles. The van der Waals surface area contributed by atoms with Crippen LogP contribution in [0.1, 0.15) is 11.3 Å². The Morgan fingerprint density at radius 1 is 1.08 bits per heavy atom. The summed E-state index contributed by atoms with van der Waals surface area (Å²) in [4.78, 5) is 26.5. The fourth-order valence-electron chi connectivity index (χ4n) is 4.99. The summed E-state index contributed by atoms with van der Waals surface area (Å²) in [5, 5.41) is 3.98. The average Bonchev–Trinajstić information content (AvgIpc) is 3.21. The second-order valence-electron chi connectivity index (χ2n) is 9.14. The molecule has 3 heterocycles. The number of benzene rings is 2. The van der Waals surface area contributed by atoms with Crippen LogP contribution in [0, 0.1) is 0 Å². The van der Waals surface area contributed by atoms with E-state index in [9.17, 15) is 18.0 Å². The van der Waals surface area contributed by atoms with E-state index >= 15 is 0 Å². The van der Waals surface area contributed by atoms with Gasteiger partial charge in [0, 0.05) is 42.8 Å². The second-order valence-corrected chi connectivity index (χ2v) is 11.1. The summed E-state index contributed by atoms with van der Waals surface area (Å²) in [6.45, 7) is 2.82. The van der Waals surface area contributed by atoms with Gasteiger partial charge in [-0.25, -0.2) is 8.42 Å². The van der Waals surface area contributed by atoms with Crippen molar-refractivity contribution in [2.75, 3.05) is 46.4 Å². The number of para-hydroxylation sites is 1. The van der Waals surface area contributed by atoms with E-state index in [1.54, 1.807) is 24.3 Å². The number of aromatic nitrogens is 1. The third kappa shape index (κ3) is 5.20. The summed E-state index contributed by atoms with van der Waals surface area (Å²) in [5.74, 6) is 0.168. The van der Waals surface area contributed by atoms with Gasteiger partial charge in [0.25, 0.3) is 0 Å². The zero-order chi connectivity index (χ0) is 26.0. The summed E-state index contributed by atoms with van der Waals surface area (Å²) in [7, 11) is -2.19. The van der Waals surface area contributed by atoms with Gasteiger partial charge in [0.1, 0.15) is 18.9 Å². The van der Waals surface area contributed by atoms with Crippen molar-refractivity contribution in [1.82, 2.24) is 19.1 Å². The van der Waals surface area contributed by atoms with Gasteiger partial charge in [-0.05, 0) is 42.3 Å². The molecule has 196 valence electrons. The maximum atomic E-state index is 13.4. The molecule has 2 aliphatic rings. The fourth-order valence-corrected chi connectivity index (χ4v) is 6.39. The minimum Gasteiger partial charge on any atom is -0.497 e. The molecule has 0 radical (unpaired) electrons. The zero-order valence-corrected chi connectivity index (χ0v) is 21.5. The number of nitrogens with one attached hydrogen (secondary N) is 1. The molecule has 3 aromatic rings. The molecule has 2 aromatic carbocycles. The Hall–Kier alpha value is -3.41. The Labute approximate surface area is 215 Å². The lowest BCUT2D eigenvalue weighted by molar-refractivity contribution is -0.150. The second kappa shape index (κ2) is 10.5. The third-order valence-corrected chi connectivity index (χ3v) is 8.76. The number of nitrogens with zero attached hydrogens (tertiary/aromatic N) is 3. The Bertz CT molecular complexity index is 1420. The van der Waals surface area contributed by atoms with Gasteiger partial charge in [0.05, 0.1) is 25.1 Å². The van der Waals surface area contributed by atoms with Crippen molar-refractivity contribution < 1.29 is 27.5 Å². The first-order valence-corrected chi connectivity index (χ1v) is 13.7. The molecular formula is C26H30N4O6S. The maximum Gasteiger partial charge on any atom is 0.320 e. The van der Waals surface area contributed by atoms with Crippen LogP contribution in [0.2, 0.25) is 0 Å². The minimum absolute atomic E-state index is 0.0777. The monoisotopic (exact) mass is 526 g/mol. The van der Waals surface area contributed by atoms with E-state index in [0.717, 1.165) is 22.2 Å². The van der Waals surface area contributed by atoms with Gasteiger partial charge in [-0.1, -0.05) is 18.2 Å². The lowest BCUT2D eigenvalue weighted by Crippen LogP contribution is -2.44. The van der Waals surface area contributed by atoms with Crippen molar-refractivity contribution in [3.05, 3.63) is 59.8 Å². The number of esters is 1. The number of hydrogen-bond donors (Lipinski definition) is 1. The Morgan fingerprint density at radius 3 is 2.62 bits per heavy atom. The molecule has 1 fully saturated rings. The standard InChI is InChI=1S/C26H30N4O6S/c1-35-19-6-8-20(9-7-19)37(33,34)29-12-10-22-21-4-2-3-5-23(21)30(24(22)16-29)17-25(31)27-11-13-28-14-15-36-26(32)18-28/h2-9H,10-18H2,1H3,(H,27,31). The molecule has 0 bridgehead atoms.